The summed E-state index contributed by atoms with van der Waals surface area (Å²) in [6.07, 6.45) is 0.855. The van der Waals surface area contributed by atoms with E-state index in [-0.39, 0.29) is 6.04 Å². The highest BCUT2D eigenvalue weighted by Gasteiger charge is 2.11. The molecule has 0 aliphatic rings. The molecule has 13 heavy (non-hydrogen) atoms. The molecule has 1 atom stereocenters. The topological polar surface area (TPSA) is 58.3 Å². The van der Waals surface area contributed by atoms with Crippen molar-refractivity contribution in [2.24, 2.45) is 5.84 Å². The van der Waals surface area contributed by atoms with Crippen LogP contribution in [0.25, 0.3) is 0 Å². The van der Waals surface area contributed by atoms with Crippen molar-refractivity contribution >= 4 is 0 Å². The second kappa shape index (κ2) is 4.25. The summed E-state index contributed by atoms with van der Waals surface area (Å²) in [6, 6.07) is 5.55. The minimum atomic E-state index is 0.0277. The van der Waals surface area contributed by atoms with Gasteiger partial charge in [-0.15, -0.1) is 0 Å². The molecule has 0 saturated heterocycles. The van der Waals surface area contributed by atoms with Crippen molar-refractivity contribution in [3.8, 4) is 5.75 Å². The second-order valence-corrected chi connectivity index (χ2v) is 3.19. The maximum absolute atomic E-state index is 9.57. The molecule has 1 aromatic carbocycles. The van der Waals surface area contributed by atoms with Gasteiger partial charge < -0.3 is 5.11 Å². The molecule has 0 unspecified atom stereocenters. The fraction of sp³-hybridized carbons (Fsp3) is 0.400. The summed E-state index contributed by atoms with van der Waals surface area (Å²) in [5.74, 6) is 5.67. The summed E-state index contributed by atoms with van der Waals surface area (Å²) in [6.45, 7) is 4.01. The number of rotatable bonds is 3. The Bertz CT molecular complexity index is 282. The van der Waals surface area contributed by atoms with E-state index in [0.29, 0.717) is 5.75 Å². The van der Waals surface area contributed by atoms with Gasteiger partial charge in [0.25, 0.3) is 0 Å². The number of hydrazine groups is 1. The van der Waals surface area contributed by atoms with Crippen LogP contribution in [0, 0.1) is 6.92 Å². The van der Waals surface area contributed by atoms with Crippen LogP contribution >= 0.6 is 0 Å². The molecule has 1 rings (SSSR count). The number of nitrogens with two attached hydrogens (primary N) is 1. The van der Waals surface area contributed by atoms with E-state index in [1.54, 1.807) is 6.07 Å². The number of hydrogen-bond donors (Lipinski definition) is 3. The van der Waals surface area contributed by atoms with E-state index in [1.165, 1.54) is 0 Å². The molecule has 72 valence electrons. The molecule has 0 aliphatic heterocycles. The zero-order chi connectivity index (χ0) is 9.84. The standard InChI is InChI=1S/C10H16N2O/c1-3-9(12-11)8-6-7(2)4-5-10(8)13/h4-6,9,12-13H,3,11H2,1-2H3/t9-/m0/s1. The molecular weight excluding hydrogens is 164 g/mol. The highest BCUT2D eigenvalue weighted by Crippen LogP contribution is 2.26. The second-order valence-electron chi connectivity index (χ2n) is 3.19. The summed E-state index contributed by atoms with van der Waals surface area (Å²) in [5, 5.41) is 9.57. The van der Waals surface area contributed by atoms with Crippen molar-refractivity contribution in [1.29, 1.82) is 0 Å². The first-order valence-corrected chi connectivity index (χ1v) is 4.44. The Hall–Kier alpha value is -1.06. The van der Waals surface area contributed by atoms with Crippen LogP contribution in [0.3, 0.4) is 0 Å². The number of phenolic OH excluding ortho intramolecular Hbond substituents is 1. The molecule has 0 spiro atoms. The number of benzene rings is 1. The summed E-state index contributed by atoms with van der Waals surface area (Å²) >= 11 is 0. The first kappa shape index (κ1) is 10.0. The molecular formula is C10H16N2O. The SMILES string of the molecule is CC[C@H](NN)c1cc(C)ccc1O. The Labute approximate surface area is 78.5 Å². The van der Waals surface area contributed by atoms with Crippen molar-refractivity contribution < 1.29 is 5.11 Å². The fourth-order valence-corrected chi connectivity index (χ4v) is 1.38. The average Bonchev–Trinajstić information content (AvgIpc) is 2.13. The van der Waals surface area contributed by atoms with Gasteiger partial charge in [0.15, 0.2) is 0 Å². The minimum absolute atomic E-state index is 0.0277. The van der Waals surface area contributed by atoms with Crippen molar-refractivity contribution in [2.45, 2.75) is 26.3 Å². The summed E-state index contributed by atoms with van der Waals surface area (Å²) in [7, 11) is 0. The lowest BCUT2D eigenvalue weighted by atomic mass is 10.0. The first-order chi connectivity index (χ1) is 6.19. The number of aromatic hydroxyl groups is 1. The van der Waals surface area contributed by atoms with Gasteiger partial charge in [-0.1, -0.05) is 24.6 Å². The Morgan fingerprint density at radius 3 is 2.77 bits per heavy atom. The molecule has 0 amide bonds. The lowest BCUT2D eigenvalue weighted by Gasteiger charge is -2.15. The van der Waals surface area contributed by atoms with Crippen molar-refractivity contribution in [3.05, 3.63) is 29.3 Å². The molecule has 0 aromatic heterocycles. The van der Waals surface area contributed by atoms with Gasteiger partial charge in [-0.3, -0.25) is 11.3 Å². The largest absolute Gasteiger partial charge is 0.508 e. The van der Waals surface area contributed by atoms with Crippen LogP contribution in [0.5, 0.6) is 5.75 Å². The highest BCUT2D eigenvalue weighted by molar-refractivity contribution is 5.37. The van der Waals surface area contributed by atoms with Crippen LogP contribution in [-0.2, 0) is 0 Å². The van der Waals surface area contributed by atoms with E-state index in [4.69, 9.17) is 5.84 Å². The van der Waals surface area contributed by atoms with Gasteiger partial charge in [0, 0.05) is 11.6 Å². The first-order valence-electron chi connectivity index (χ1n) is 4.44. The smallest absolute Gasteiger partial charge is 0.120 e. The predicted molar refractivity (Wildman–Crippen MR) is 53.2 cm³/mol. The van der Waals surface area contributed by atoms with Crippen molar-refractivity contribution in [1.82, 2.24) is 5.43 Å². The van der Waals surface area contributed by atoms with Crippen LogP contribution in [0.4, 0.5) is 0 Å². The van der Waals surface area contributed by atoms with E-state index in [0.717, 1.165) is 17.5 Å². The van der Waals surface area contributed by atoms with Crippen LogP contribution < -0.4 is 11.3 Å². The zero-order valence-electron chi connectivity index (χ0n) is 8.04. The lowest BCUT2D eigenvalue weighted by Crippen LogP contribution is -2.27. The Morgan fingerprint density at radius 1 is 1.54 bits per heavy atom. The van der Waals surface area contributed by atoms with E-state index >= 15 is 0 Å². The van der Waals surface area contributed by atoms with E-state index in [1.807, 2.05) is 26.0 Å². The van der Waals surface area contributed by atoms with Gasteiger partial charge in [-0.2, -0.15) is 0 Å². The number of aryl methyl sites for hydroxylation is 1. The molecule has 4 N–H and O–H groups in total. The van der Waals surface area contributed by atoms with E-state index < -0.39 is 0 Å². The molecule has 0 bridgehead atoms. The van der Waals surface area contributed by atoms with Gasteiger partial charge in [0.1, 0.15) is 5.75 Å². The molecule has 1 aromatic rings. The van der Waals surface area contributed by atoms with Crippen molar-refractivity contribution in [2.75, 3.05) is 0 Å². The molecule has 0 aliphatic carbocycles. The maximum atomic E-state index is 9.57. The van der Waals surface area contributed by atoms with Crippen LogP contribution in [-0.4, -0.2) is 5.11 Å². The summed E-state index contributed by atoms with van der Waals surface area (Å²) in [4.78, 5) is 0. The number of phenols is 1. The Balaban J connectivity index is 3.03. The monoisotopic (exact) mass is 180 g/mol. The predicted octanol–water partition coefficient (Wildman–Crippen LogP) is 1.62. The average molecular weight is 180 g/mol. The van der Waals surface area contributed by atoms with Crippen molar-refractivity contribution in [3.63, 3.8) is 0 Å². The lowest BCUT2D eigenvalue weighted by molar-refractivity contribution is 0.444. The summed E-state index contributed by atoms with van der Waals surface area (Å²) < 4.78 is 0. The van der Waals surface area contributed by atoms with E-state index in [2.05, 4.69) is 5.43 Å². The third-order valence-electron chi connectivity index (χ3n) is 2.17. The number of hydrogen-bond acceptors (Lipinski definition) is 3. The minimum Gasteiger partial charge on any atom is -0.508 e. The summed E-state index contributed by atoms with van der Waals surface area (Å²) in [5.41, 5.74) is 4.67. The van der Waals surface area contributed by atoms with Gasteiger partial charge >= 0.3 is 0 Å². The highest BCUT2D eigenvalue weighted by atomic mass is 16.3. The maximum Gasteiger partial charge on any atom is 0.120 e. The van der Waals surface area contributed by atoms with Crippen LogP contribution in [0.1, 0.15) is 30.5 Å². The third kappa shape index (κ3) is 2.20. The molecule has 0 saturated carbocycles. The van der Waals surface area contributed by atoms with Gasteiger partial charge in [-0.05, 0) is 19.4 Å². The Morgan fingerprint density at radius 2 is 2.23 bits per heavy atom. The fourth-order valence-electron chi connectivity index (χ4n) is 1.38. The van der Waals surface area contributed by atoms with Gasteiger partial charge in [0.2, 0.25) is 0 Å². The van der Waals surface area contributed by atoms with Crippen LogP contribution in [0.2, 0.25) is 0 Å². The molecule has 0 fully saturated rings. The molecule has 0 radical (unpaired) electrons. The Kier molecular flexibility index (Phi) is 3.28. The van der Waals surface area contributed by atoms with Crippen LogP contribution in [0.15, 0.2) is 18.2 Å². The van der Waals surface area contributed by atoms with Gasteiger partial charge in [-0.25, -0.2) is 0 Å². The molecule has 3 nitrogen and oxygen atoms in total. The molecule has 3 heteroatoms. The van der Waals surface area contributed by atoms with Gasteiger partial charge in [0.05, 0.1) is 0 Å². The molecule has 0 heterocycles. The quantitative estimate of drug-likeness (QED) is 0.489. The third-order valence-corrected chi connectivity index (χ3v) is 2.17. The number of nitrogens with one attached hydrogen (secondary N) is 1. The van der Waals surface area contributed by atoms with E-state index in [9.17, 15) is 5.11 Å². The normalized spacial score (nSPS) is 12.8. The zero-order valence-corrected chi connectivity index (χ0v) is 8.04.